The van der Waals surface area contributed by atoms with Gasteiger partial charge in [0, 0.05) is 38.5 Å². The first-order valence-electron chi connectivity index (χ1n) is 7.82. The van der Waals surface area contributed by atoms with Gasteiger partial charge < -0.3 is 15.1 Å². The van der Waals surface area contributed by atoms with Crippen molar-refractivity contribution in [2.45, 2.75) is 12.8 Å². The monoisotopic (exact) mass is 320 g/mol. The van der Waals surface area contributed by atoms with Crippen molar-refractivity contribution in [3.63, 3.8) is 0 Å². The van der Waals surface area contributed by atoms with Gasteiger partial charge in [-0.1, -0.05) is 0 Å². The highest BCUT2D eigenvalue weighted by Crippen LogP contribution is 2.27. The molecule has 23 heavy (non-hydrogen) atoms. The maximum atomic E-state index is 12.1. The Morgan fingerprint density at radius 2 is 2.09 bits per heavy atom. The van der Waals surface area contributed by atoms with E-state index in [2.05, 4.69) is 17.3 Å². The van der Waals surface area contributed by atoms with Crippen molar-refractivity contribution in [3.8, 4) is 0 Å². The molecule has 0 bridgehead atoms. The summed E-state index contributed by atoms with van der Waals surface area (Å²) in [5, 5.41) is 13.5. The molecule has 1 aromatic carbocycles. The number of piperidine rings is 1. The lowest BCUT2D eigenvalue weighted by Gasteiger charge is -2.33. The minimum atomic E-state index is -0.479. The Hall–Kier alpha value is -2.15. The van der Waals surface area contributed by atoms with Gasteiger partial charge in [0.05, 0.1) is 10.5 Å². The van der Waals surface area contributed by atoms with Crippen LogP contribution in [0.2, 0.25) is 0 Å². The number of hydrogen-bond donors (Lipinski definition) is 1. The molecular weight excluding hydrogens is 296 g/mol. The van der Waals surface area contributed by atoms with Gasteiger partial charge >= 0.3 is 0 Å². The molecule has 126 valence electrons. The largest absolute Gasteiger partial charge is 0.374 e. The molecule has 1 aliphatic heterocycles. The molecular formula is C16H24N4O3. The zero-order valence-corrected chi connectivity index (χ0v) is 13.9. The van der Waals surface area contributed by atoms with Crippen molar-refractivity contribution in [1.82, 2.24) is 10.2 Å². The number of nitrogens with one attached hydrogen (secondary N) is 1. The quantitative estimate of drug-likeness (QED) is 0.660. The number of nitro groups is 1. The molecule has 1 heterocycles. The second-order valence-electron chi connectivity index (χ2n) is 6.16. The van der Waals surface area contributed by atoms with E-state index in [9.17, 15) is 14.9 Å². The average Bonchev–Trinajstić information content (AvgIpc) is 2.55. The van der Waals surface area contributed by atoms with E-state index in [1.165, 1.54) is 19.2 Å². The lowest BCUT2D eigenvalue weighted by atomic mass is 9.96. The molecule has 1 aliphatic rings. The summed E-state index contributed by atoms with van der Waals surface area (Å²) in [4.78, 5) is 26.9. The first kappa shape index (κ1) is 17.2. The Balaban J connectivity index is 2.19. The second kappa shape index (κ2) is 7.41. The SMILES string of the molecule is CNC(=O)c1cc([N+](=O)[O-])ccc1N(C)CC1CCN(C)CC1. The summed E-state index contributed by atoms with van der Waals surface area (Å²) < 4.78 is 0. The molecule has 1 amide bonds. The molecule has 1 fully saturated rings. The van der Waals surface area contributed by atoms with Crippen molar-refractivity contribution in [1.29, 1.82) is 0 Å². The van der Waals surface area contributed by atoms with E-state index in [1.807, 2.05) is 11.9 Å². The van der Waals surface area contributed by atoms with E-state index in [1.54, 1.807) is 6.07 Å². The van der Waals surface area contributed by atoms with Gasteiger partial charge in [0.15, 0.2) is 0 Å². The lowest BCUT2D eigenvalue weighted by molar-refractivity contribution is -0.384. The molecule has 0 spiro atoms. The highest BCUT2D eigenvalue weighted by Gasteiger charge is 2.22. The number of nitrogens with zero attached hydrogens (tertiary/aromatic N) is 3. The molecule has 7 heteroatoms. The van der Waals surface area contributed by atoms with Gasteiger partial charge in [-0.15, -0.1) is 0 Å². The number of anilines is 1. The van der Waals surface area contributed by atoms with Gasteiger partial charge in [-0.3, -0.25) is 14.9 Å². The Morgan fingerprint density at radius 3 is 2.65 bits per heavy atom. The van der Waals surface area contributed by atoms with Crippen molar-refractivity contribution in [2.24, 2.45) is 5.92 Å². The van der Waals surface area contributed by atoms with Crippen LogP contribution in [0, 0.1) is 16.0 Å². The van der Waals surface area contributed by atoms with Crippen molar-refractivity contribution >= 4 is 17.3 Å². The third-order valence-corrected chi connectivity index (χ3v) is 4.44. The number of carbonyl (C=O) groups excluding carboxylic acids is 1. The van der Waals surface area contributed by atoms with Crippen LogP contribution >= 0.6 is 0 Å². The Labute approximate surface area is 136 Å². The topological polar surface area (TPSA) is 78.7 Å². The molecule has 2 rings (SSSR count). The van der Waals surface area contributed by atoms with Crippen molar-refractivity contribution in [3.05, 3.63) is 33.9 Å². The summed E-state index contributed by atoms with van der Waals surface area (Å²) in [6.07, 6.45) is 2.26. The normalized spacial score (nSPS) is 16.1. The van der Waals surface area contributed by atoms with Crippen LogP contribution in [-0.4, -0.2) is 56.5 Å². The van der Waals surface area contributed by atoms with Gasteiger partial charge in [-0.2, -0.15) is 0 Å². The number of nitro benzene ring substituents is 1. The van der Waals surface area contributed by atoms with E-state index < -0.39 is 4.92 Å². The number of benzene rings is 1. The zero-order chi connectivity index (χ0) is 17.0. The predicted molar refractivity (Wildman–Crippen MR) is 90.0 cm³/mol. The van der Waals surface area contributed by atoms with Crippen molar-refractivity contribution < 1.29 is 9.72 Å². The van der Waals surface area contributed by atoms with Crippen LogP contribution in [0.1, 0.15) is 23.2 Å². The maximum Gasteiger partial charge on any atom is 0.270 e. The molecule has 0 atom stereocenters. The lowest BCUT2D eigenvalue weighted by Crippen LogP contribution is -2.36. The molecule has 0 radical (unpaired) electrons. The van der Waals surface area contributed by atoms with E-state index >= 15 is 0 Å². The van der Waals surface area contributed by atoms with E-state index in [4.69, 9.17) is 0 Å². The zero-order valence-electron chi connectivity index (χ0n) is 13.9. The third kappa shape index (κ3) is 4.19. The number of amides is 1. The molecule has 0 aliphatic carbocycles. The molecule has 0 saturated carbocycles. The molecule has 0 aromatic heterocycles. The Morgan fingerprint density at radius 1 is 1.43 bits per heavy atom. The van der Waals surface area contributed by atoms with Crippen molar-refractivity contribution in [2.75, 3.05) is 45.7 Å². The van der Waals surface area contributed by atoms with Gasteiger partial charge in [0.1, 0.15) is 0 Å². The van der Waals surface area contributed by atoms with Crippen LogP contribution in [0.25, 0.3) is 0 Å². The number of likely N-dealkylation sites (tertiary alicyclic amines) is 1. The molecule has 0 unspecified atom stereocenters. The Bertz CT molecular complexity index is 583. The molecule has 7 nitrogen and oxygen atoms in total. The van der Waals surface area contributed by atoms with Gasteiger partial charge in [0.2, 0.25) is 0 Å². The summed E-state index contributed by atoms with van der Waals surface area (Å²) in [5.41, 5.74) is 1.01. The maximum absolute atomic E-state index is 12.1. The first-order chi connectivity index (χ1) is 10.9. The second-order valence-corrected chi connectivity index (χ2v) is 6.16. The Kier molecular flexibility index (Phi) is 5.54. The summed E-state index contributed by atoms with van der Waals surface area (Å²) in [5.74, 6) is 0.267. The van der Waals surface area contributed by atoms with Crippen LogP contribution in [0.15, 0.2) is 18.2 Å². The van der Waals surface area contributed by atoms with Crippen LogP contribution in [0.3, 0.4) is 0 Å². The predicted octanol–water partition coefficient (Wildman–Crippen LogP) is 1.73. The number of carbonyl (C=O) groups is 1. The fourth-order valence-electron chi connectivity index (χ4n) is 3.02. The highest BCUT2D eigenvalue weighted by molar-refractivity contribution is 6.00. The van der Waals surface area contributed by atoms with Crippen LogP contribution < -0.4 is 10.2 Å². The van der Waals surface area contributed by atoms with E-state index in [0.717, 1.165) is 38.2 Å². The first-order valence-corrected chi connectivity index (χ1v) is 7.82. The van der Waals surface area contributed by atoms with E-state index in [0.29, 0.717) is 11.5 Å². The summed E-state index contributed by atoms with van der Waals surface area (Å²) in [6.45, 7) is 3.01. The fourth-order valence-corrected chi connectivity index (χ4v) is 3.02. The number of hydrogen-bond acceptors (Lipinski definition) is 5. The van der Waals surface area contributed by atoms with Crippen LogP contribution in [0.5, 0.6) is 0 Å². The molecule has 1 N–H and O–H groups in total. The average molecular weight is 320 g/mol. The summed E-state index contributed by atoms with van der Waals surface area (Å²) in [6, 6.07) is 4.46. The minimum absolute atomic E-state index is 0.0694. The smallest absolute Gasteiger partial charge is 0.270 e. The summed E-state index contributed by atoms with van der Waals surface area (Å²) in [7, 11) is 5.59. The van der Waals surface area contributed by atoms with E-state index in [-0.39, 0.29) is 11.6 Å². The fraction of sp³-hybridized carbons (Fsp3) is 0.562. The van der Waals surface area contributed by atoms with Gasteiger partial charge in [0.25, 0.3) is 11.6 Å². The summed E-state index contributed by atoms with van der Waals surface area (Å²) >= 11 is 0. The molecule has 1 saturated heterocycles. The third-order valence-electron chi connectivity index (χ3n) is 4.44. The number of non-ortho nitro benzene ring substituents is 1. The standard InChI is InChI=1S/C16H24N4O3/c1-17-16(21)14-10-13(20(22)23)4-5-15(14)19(3)11-12-6-8-18(2)9-7-12/h4-5,10,12H,6-9,11H2,1-3H3,(H,17,21). The van der Waals surface area contributed by atoms with Crippen LogP contribution in [0.4, 0.5) is 11.4 Å². The minimum Gasteiger partial charge on any atom is -0.374 e. The van der Waals surface area contributed by atoms with Gasteiger partial charge in [-0.05, 0) is 45.0 Å². The van der Waals surface area contributed by atoms with Crippen LogP contribution in [-0.2, 0) is 0 Å². The number of rotatable bonds is 5. The van der Waals surface area contributed by atoms with Gasteiger partial charge in [-0.25, -0.2) is 0 Å². The highest BCUT2D eigenvalue weighted by atomic mass is 16.6. The molecule has 1 aromatic rings.